The molecule has 0 unspecified atom stereocenters. The molecular weight excluding hydrogens is 470 g/mol. The van der Waals surface area contributed by atoms with Crippen molar-refractivity contribution < 1.29 is 14.3 Å². The van der Waals surface area contributed by atoms with Crippen LogP contribution in [0, 0.1) is 0 Å². The van der Waals surface area contributed by atoms with E-state index in [0.717, 1.165) is 42.9 Å². The van der Waals surface area contributed by atoms with Crippen molar-refractivity contribution in [1.29, 1.82) is 0 Å². The summed E-state index contributed by atoms with van der Waals surface area (Å²) in [6, 6.07) is 14.3. The molecule has 0 aliphatic carbocycles. The maximum absolute atomic E-state index is 13.0. The number of piperazine rings is 1. The highest BCUT2D eigenvalue weighted by Gasteiger charge is 2.43. The van der Waals surface area contributed by atoms with Gasteiger partial charge in [-0.05, 0) is 52.3 Å². The molecule has 0 bridgehead atoms. The van der Waals surface area contributed by atoms with Crippen molar-refractivity contribution in [2.45, 2.75) is 12.5 Å². The third-order valence-electron chi connectivity index (χ3n) is 5.55. The summed E-state index contributed by atoms with van der Waals surface area (Å²) in [7, 11) is 0. The van der Waals surface area contributed by atoms with Crippen molar-refractivity contribution in [3.8, 4) is 5.75 Å². The van der Waals surface area contributed by atoms with Crippen molar-refractivity contribution in [3.63, 3.8) is 0 Å². The van der Waals surface area contributed by atoms with Gasteiger partial charge >= 0.3 is 0 Å². The van der Waals surface area contributed by atoms with Gasteiger partial charge in [0.25, 0.3) is 5.91 Å². The zero-order valence-corrected chi connectivity index (χ0v) is 18.8. The van der Waals surface area contributed by atoms with Crippen molar-refractivity contribution in [3.05, 3.63) is 58.0 Å². The van der Waals surface area contributed by atoms with Crippen LogP contribution in [0.4, 0.5) is 5.69 Å². The van der Waals surface area contributed by atoms with Gasteiger partial charge in [-0.3, -0.25) is 19.4 Å². The van der Waals surface area contributed by atoms with E-state index in [4.69, 9.17) is 16.3 Å². The maximum Gasteiger partial charge on any atom is 0.251 e. The number of carbonyl (C=O) groups is 2. The number of hydrogen-bond donors (Lipinski definition) is 0. The fourth-order valence-corrected chi connectivity index (χ4v) is 4.50. The summed E-state index contributed by atoms with van der Waals surface area (Å²) >= 11 is 9.33. The van der Waals surface area contributed by atoms with E-state index in [1.807, 2.05) is 42.5 Å². The minimum absolute atomic E-state index is 0.133. The van der Waals surface area contributed by atoms with E-state index < -0.39 is 0 Å². The zero-order chi connectivity index (χ0) is 21.1. The van der Waals surface area contributed by atoms with Gasteiger partial charge in [-0.25, -0.2) is 4.90 Å². The largest absolute Gasteiger partial charge is 0.492 e. The van der Waals surface area contributed by atoms with Gasteiger partial charge in [0.2, 0.25) is 5.91 Å². The highest BCUT2D eigenvalue weighted by Crippen LogP contribution is 2.31. The van der Waals surface area contributed by atoms with Crippen LogP contribution in [0.1, 0.15) is 6.42 Å². The number of nitrogens with zero attached hydrogens (tertiary/aromatic N) is 3. The summed E-state index contributed by atoms with van der Waals surface area (Å²) in [6.07, 6.45) is 0.236. The van der Waals surface area contributed by atoms with E-state index in [1.165, 1.54) is 4.90 Å². The molecule has 2 aliphatic rings. The molecule has 2 saturated heterocycles. The number of para-hydroxylation sites is 1. The molecule has 2 aromatic carbocycles. The molecule has 158 valence electrons. The summed E-state index contributed by atoms with van der Waals surface area (Å²) in [5, 5.41) is 0.691. The Morgan fingerprint density at radius 2 is 1.70 bits per heavy atom. The molecule has 0 N–H and O–H groups in total. The van der Waals surface area contributed by atoms with E-state index in [9.17, 15) is 9.59 Å². The van der Waals surface area contributed by atoms with Crippen LogP contribution in [0.2, 0.25) is 5.02 Å². The third kappa shape index (κ3) is 4.70. The second-order valence-electron chi connectivity index (χ2n) is 7.42. The van der Waals surface area contributed by atoms with Gasteiger partial charge in [0.1, 0.15) is 12.4 Å². The van der Waals surface area contributed by atoms with Gasteiger partial charge < -0.3 is 4.74 Å². The Bertz CT molecular complexity index is 916. The number of imide groups is 1. The molecule has 0 spiro atoms. The van der Waals surface area contributed by atoms with Gasteiger partial charge in [-0.15, -0.1) is 0 Å². The number of rotatable bonds is 6. The van der Waals surface area contributed by atoms with E-state index in [2.05, 4.69) is 25.7 Å². The van der Waals surface area contributed by atoms with Gasteiger partial charge in [-0.1, -0.05) is 23.7 Å². The summed E-state index contributed by atoms with van der Waals surface area (Å²) in [5.41, 5.74) is 0.619. The fraction of sp³-hybridized carbons (Fsp3) is 0.364. The van der Waals surface area contributed by atoms with Crippen LogP contribution in [-0.2, 0) is 9.59 Å². The smallest absolute Gasteiger partial charge is 0.251 e. The lowest BCUT2D eigenvalue weighted by Gasteiger charge is -2.36. The molecule has 1 atom stereocenters. The average Bonchev–Trinajstić information content (AvgIpc) is 3.04. The summed E-state index contributed by atoms with van der Waals surface area (Å²) in [5.74, 6) is 0.530. The molecule has 4 rings (SSSR count). The molecule has 2 amide bonds. The molecule has 2 fully saturated rings. The minimum atomic E-state index is -0.378. The molecule has 8 heteroatoms. The first-order valence-electron chi connectivity index (χ1n) is 9.99. The van der Waals surface area contributed by atoms with E-state index in [0.29, 0.717) is 17.3 Å². The molecule has 2 aromatic rings. The SMILES string of the molecule is O=C1C[C@H](N2CCN(CCOc3ccc(Cl)cc3)CC2)C(=O)N1c1ccccc1Br. The predicted molar refractivity (Wildman–Crippen MR) is 120 cm³/mol. The van der Waals surface area contributed by atoms with Crippen LogP contribution in [0.15, 0.2) is 53.0 Å². The summed E-state index contributed by atoms with van der Waals surface area (Å²) in [6.45, 7) is 4.62. The maximum atomic E-state index is 13.0. The van der Waals surface area contributed by atoms with Crippen molar-refractivity contribution in [2.24, 2.45) is 0 Å². The Morgan fingerprint density at radius 3 is 2.40 bits per heavy atom. The summed E-state index contributed by atoms with van der Waals surface area (Å²) in [4.78, 5) is 31.3. The molecule has 30 heavy (non-hydrogen) atoms. The Balaban J connectivity index is 1.28. The van der Waals surface area contributed by atoms with Crippen molar-refractivity contribution in [1.82, 2.24) is 9.80 Å². The normalized spacial score (nSPS) is 20.7. The first-order chi connectivity index (χ1) is 14.5. The lowest BCUT2D eigenvalue weighted by atomic mass is 10.1. The topological polar surface area (TPSA) is 53.1 Å². The van der Waals surface area contributed by atoms with Gasteiger partial charge in [0.05, 0.1) is 18.2 Å². The lowest BCUT2D eigenvalue weighted by Crippen LogP contribution is -2.53. The number of benzene rings is 2. The van der Waals surface area contributed by atoms with Crippen LogP contribution in [-0.4, -0.2) is 67.0 Å². The monoisotopic (exact) mass is 491 g/mol. The number of ether oxygens (including phenoxy) is 1. The van der Waals surface area contributed by atoms with Gasteiger partial charge in [0.15, 0.2) is 0 Å². The Hall–Kier alpha value is -1.93. The first kappa shape index (κ1) is 21.3. The Morgan fingerprint density at radius 1 is 1.00 bits per heavy atom. The third-order valence-corrected chi connectivity index (χ3v) is 6.48. The average molecular weight is 493 g/mol. The van der Waals surface area contributed by atoms with Crippen molar-refractivity contribution in [2.75, 3.05) is 44.2 Å². The molecule has 0 aromatic heterocycles. The molecule has 0 radical (unpaired) electrons. The molecule has 0 saturated carbocycles. The first-order valence-corrected chi connectivity index (χ1v) is 11.2. The van der Waals surface area contributed by atoms with Crippen LogP contribution in [0.25, 0.3) is 0 Å². The quantitative estimate of drug-likeness (QED) is 0.578. The van der Waals surface area contributed by atoms with E-state index in [-0.39, 0.29) is 24.3 Å². The molecular formula is C22H23BrClN3O3. The summed E-state index contributed by atoms with van der Waals surface area (Å²) < 4.78 is 6.52. The Labute approximate surface area is 189 Å². The van der Waals surface area contributed by atoms with Crippen molar-refractivity contribution >= 4 is 45.0 Å². The van der Waals surface area contributed by atoms with Crippen LogP contribution < -0.4 is 9.64 Å². The minimum Gasteiger partial charge on any atom is -0.492 e. The number of carbonyl (C=O) groups excluding carboxylic acids is 2. The highest BCUT2D eigenvalue weighted by atomic mass is 79.9. The highest BCUT2D eigenvalue weighted by molar-refractivity contribution is 9.10. The van der Waals surface area contributed by atoms with Gasteiger partial charge in [-0.2, -0.15) is 0 Å². The number of amides is 2. The van der Waals surface area contributed by atoms with Crippen LogP contribution in [0.5, 0.6) is 5.75 Å². The fourth-order valence-electron chi connectivity index (χ4n) is 3.91. The van der Waals surface area contributed by atoms with Gasteiger partial charge in [0, 0.05) is 42.2 Å². The zero-order valence-electron chi connectivity index (χ0n) is 16.5. The number of hydrogen-bond acceptors (Lipinski definition) is 5. The number of anilines is 1. The Kier molecular flexibility index (Phi) is 6.73. The lowest BCUT2D eigenvalue weighted by molar-refractivity contribution is -0.123. The second kappa shape index (κ2) is 9.47. The van der Waals surface area contributed by atoms with E-state index in [1.54, 1.807) is 6.07 Å². The van der Waals surface area contributed by atoms with Crippen LogP contribution >= 0.6 is 27.5 Å². The second-order valence-corrected chi connectivity index (χ2v) is 8.71. The van der Waals surface area contributed by atoms with Crippen LogP contribution in [0.3, 0.4) is 0 Å². The standard InChI is InChI=1S/C22H23BrClN3O3/c23-18-3-1-2-4-19(18)27-21(28)15-20(22(27)29)26-11-9-25(10-12-26)13-14-30-17-7-5-16(24)6-8-17/h1-8,20H,9-15H2/t20-/m0/s1. The van der Waals surface area contributed by atoms with E-state index >= 15 is 0 Å². The molecule has 2 aliphatic heterocycles. The number of halogens is 2. The molecule has 6 nitrogen and oxygen atoms in total. The predicted octanol–water partition coefficient (Wildman–Crippen LogP) is 3.43. The molecule has 2 heterocycles.